The molecule has 3 N–H and O–H groups in total. The Morgan fingerprint density at radius 2 is 1.95 bits per heavy atom. The lowest BCUT2D eigenvalue weighted by Gasteiger charge is -2.07. The molecule has 0 saturated heterocycles. The maximum Gasteiger partial charge on any atom is 0.224 e. The average Bonchev–Trinajstić information content (AvgIpc) is 2.81. The summed E-state index contributed by atoms with van der Waals surface area (Å²) >= 11 is 0. The van der Waals surface area contributed by atoms with E-state index in [2.05, 4.69) is 25.4 Å². The zero-order valence-electron chi connectivity index (χ0n) is 11.5. The number of nitrogens with zero attached hydrogens (tertiary/aromatic N) is 5. The summed E-state index contributed by atoms with van der Waals surface area (Å²) in [4.78, 5) is 12.8. The molecule has 7 nitrogen and oxygen atoms in total. The quantitative estimate of drug-likeness (QED) is 0.839. The second-order valence-corrected chi connectivity index (χ2v) is 4.06. The van der Waals surface area contributed by atoms with Crippen LogP contribution in [0.15, 0.2) is 6.07 Å². The molecule has 0 spiro atoms. The Morgan fingerprint density at radius 3 is 2.58 bits per heavy atom. The van der Waals surface area contributed by atoms with Crippen LogP contribution in [0, 0.1) is 0 Å². The third-order valence-electron chi connectivity index (χ3n) is 2.66. The van der Waals surface area contributed by atoms with Crippen LogP contribution in [0.5, 0.6) is 0 Å². The molecule has 0 amide bonds. The number of nitrogen functional groups attached to an aromatic ring is 1. The molecule has 2 heterocycles. The Balaban J connectivity index is 2.48. The van der Waals surface area contributed by atoms with Gasteiger partial charge in [0, 0.05) is 25.5 Å². The van der Waals surface area contributed by atoms with Crippen LogP contribution >= 0.6 is 0 Å². The Bertz CT molecular complexity index is 561. The lowest BCUT2D eigenvalue weighted by molar-refractivity contribution is 0.767. The summed E-state index contributed by atoms with van der Waals surface area (Å²) in [5, 5.41) is 7.57. The summed E-state index contributed by atoms with van der Waals surface area (Å²) in [7, 11) is 0. The van der Waals surface area contributed by atoms with Crippen molar-refractivity contribution in [3.63, 3.8) is 0 Å². The van der Waals surface area contributed by atoms with Gasteiger partial charge in [-0.1, -0.05) is 13.8 Å². The first-order chi connectivity index (χ1) is 9.17. The fourth-order valence-electron chi connectivity index (χ4n) is 1.79. The standard InChI is InChI=1S/C12H19N7/c1-4-8-15-10(5-2)19(18-8)11-7-9(14-6-3)16-12(13)17-11/h7H,4-6H2,1-3H3,(H3,13,14,16,17). The monoisotopic (exact) mass is 261 g/mol. The number of aryl methyl sites for hydroxylation is 2. The van der Waals surface area contributed by atoms with Crippen LogP contribution in [0.3, 0.4) is 0 Å². The van der Waals surface area contributed by atoms with E-state index in [0.29, 0.717) is 11.6 Å². The molecule has 102 valence electrons. The summed E-state index contributed by atoms with van der Waals surface area (Å²) in [5.74, 6) is 3.24. The largest absolute Gasteiger partial charge is 0.370 e. The number of anilines is 2. The molecular weight excluding hydrogens is 242 g/mol. The summed E-state index contributed by atoms with van der Waals surface area (Å²) in [6.45, 7) is 6.83. The summed E-state index contributed by atoms with van der Waals surface area (Å²) in [6, 6.07) is 1.83. The van der Waals surface area contributed by atoms with Crippen molar-refractivity contribution in [2.45, 2.75) is 33.6 Å². The Labute approximate surface area is 112 Å². The third-order valence-corrected chi connectivity index (χ3v) is 2.66. The van der Waals surface area contributed by atoms with Crippen LogP contribution in [0.25, 0.3) is 5.82 Å². The fraction of sp³-hybridized carbons (Fsp3) is 0.500. The predicted octanol–water partition coefficient (Wildman–Crippen LogP) is 1.20. The van der Waals surface area contributed by atoms with E-state index in [9.17, 15) is 0 Å². The topological polar surface area (TPSA) is 94.5 Å². The van der Waals surface area contributed by atoms with Crippen molar-refractivity contribution in [1.82, 2.24) is 24.7 Å². The summed E-state index contributed by atoms with van der Waals surface area (Å²) in [6.07, 6.45) is 1.58. The SMILES string of the molecule is CCNc1cc(-n2nc(CC)nc2CC)nc(N)n1. The molecule has 0 aliphatic rings. The molecule has 0 aliphatic heterocycles. The van der Waals surface area contributed by atoms with Crippen molar-refractivity contribution < 1.29 is 0 Å². The van der Waals surface area contributed by atoms with Crippen LogP contribution in [-0.2, 0) is 12.8 Å². The Hall–Kier alpha value is -2.18. The van der Waals surface area contributed by atoms with Gasteiger partial charge in [-0.05, 0) is 6.92 Å². The Morgan fingerprint density at radius 1 is 1.16 bits per heavy atom. The van der Waals surface area contributed by atoms with Gasteiger partial charge in [-0.15, -0.1) is 5.10 Å². The molecule has 2 aromatic heterocycles. The summed E-state index contributed by atoms with van der Waals surface area (Å²) < 4.78 is 1.73. The molecule has 0 fully saturated rings. The van der Waals surface area contributed by atoms with E-state index in [0.717, 1.165) is 31.0 Å². The second kappa shape index (κ2) is 5.64. The van der Waals surface area contributed by atoms with Gasteiger partial charge in [0.1, 0.15) is 11.6 Å². The van der Waals surface area contributed by atoms with Gasteiger partial charge in [0.05, 0.1) is 0 Å². The van der Waals surface area contributed by atoms with Crippen LogP contribution in [0.2, 0.25) is 0 Å². The highest BCUT2D eigenvalue weighted by Gasteiger charge is 2.12. The first-order valence-corrected chi connectivity index (χ1v) is 6.51. The lowest BCUT2D eigenvalue weighted by atomic mass is 10.4. The smallest absolute Gasteiger partial charge is 0.224 e. The van der Waals surface area contributed by atoms with Crippen LogP contribution in [0.1, 0.15) is 32.4 Å². The molecule has 0 radical (unpaired) electrons. The first-order valence-electron chi connectivity index (χ1n) is 6.51. The molecular formula is C12H19N7. The first kappa shape index (κ1) is 13.3. The molecule has 2 rings (SSSR count). The highest BCUT2D eigenvalue weighted by Crippen LogP contribution is 2.14. The molecule has 19 heavy (non-hydrogen) atoms. The van der Waals surface area contributed by atoms with Gasteiger partial charge in [0.2, 0.25) is 5.95 Å². The van der Waals surface area contributed by atoms with E-state index < -0.39 is 0 Å². The molecule has 7 heteroatoms. The molecule has 0 aromatic carbocycles. The van der Waals surface area contributed by atoms with Gasteiger partial charge in [0.15, 0.2) is 11.6 Å². The van der Waals surface area contributed by atoms with Crippen molar-refractivity contribution in [2.75, 3.05) is 17.6 Å². The van der Waals surface area contributed by atoms with Crippen LogP contribution < -0.4 is 11.1 Å². The van der Waals surface area contributed by atoms with E-state index in [1.54, 1.807) is 4.68 Å². The van der Waals surface area contributed by atoms with Gasteiger partial charge in [-0.25, -0.2) is 4.98 Å². The van der Waals surface area contributed by atoms with Crippen molar-refractivity contribution in [2.24, 2.45) is 0 Å². The maximum atomic E-state index is 5.73. The van der Waals surface area contributed by atoms with Crippen molar-refractivity contribution in [3.05, 3.63) is 17.7 Å². The number of aromatic nitrogens is 5. The molecule has 0 bridgehead atoms. The van der Waals surface area contributed by atoms with E-state index in [1.807, 2.05) is 26.8 Å². The van der Waals surface area contributed by atoms with Gasteiger partial charge in [-0.2, -0.15) is 14.6 Å². The van der Waals surface area contributed by atoms with Crippen molar-refractivity contribution >= 4 is 11.8 Å². The molecule has 0 unspecified atom stereocenters. The normalized spacial score (nSPS) is 10.7. The minimum Gasteiger partial charge on any atom is -0.370 e. The molecule has 0 aliphatic carbocycles. The van der Waals surface area contributed by atoms with Crippen molar-refractivity contribution in [3.8, 4) is 5.82 Å². The fourth-order valence-corrected chi connectivity index (χ4v) is 1.79. The second-order valence-electron chi connectivity index (χ2n) is 4.06. The van der Waals surface area contributed by atoms with Crippen molar-refractivity contribution in [1.29, 1.82) is 0 Å². The highest BCUT2D eigenvalue weighted by atomic mass is 15.4. The highest BCUT2D eigenvalue weighted by molar-refractivity contribution is 5.45. The summed E-state index contributed by atoms with van der Waals surface area (Å²) in [5.41, 5.74) is 5.73. The van der Waals surface area contributed by atoms with Gasteiger partial charge < -0.3 is 11.1 Å². The van der Waals surface area contributed by atoms with E-state index in [1.165, 1.54) is 0 Å². The lowest BCUT2D eigenvalue weighted by Crippen LogP contribution is -2.10. The number of hydrogen-bond acceptors (Lipinski definition) is 6. The van der Waals surface area contributed by atoms with Gasteiger partial charge >= 0.3 is 0 Å². The van der Waals surface area contributed by atoms with Gasteiger partial charge in [0.25, 0.3) is 0 Å². The minimum absolute atomic E-state index is 0.226. The van der Waals surface area contributed by atoms with Crippen LogP contribution in [0.4, 0.5) is 11.8 Å². The number of nitrogens with one attached hydrogen (secondary N) is 1. The maximum absolute atomic E-state index is 5.73. The predicted molar refractivity (Wildman–Crippen MR) is 74.3 cm³/mol. The Kier molecular flexibility index (Phi) is 3.94. The third kappa shape index (κ3) is 2.81. The number of nitrogens with two attached hydrogens (primary N) is 1. The minimum atomic E-state index is 0.226. The van der Waals surface area contributed by atoms with E-state index >= 15 is 0 Å². The molecule has 0 saturated carbocycles. The van der Waals surface area contributed by atoms with Crippen LogP contribution in [-0.4, -0.2) is 31.3 Å². The van der Waals surface area contributed by atoms with E-state index in [-0.39, 0.29) is 5.95 Å². The average molecular weight is 261 g/mol. The number of hydrogen-bond donors (Lipinski definition) is 2. The van der Waals surface area contributed by atoms with Gasteiger partial charge in [-0.3, -0.25) is 0 Å². The zero-order valence-corrected chi connectivity index (χ0v) is 11.5. The zero-order chi connectivity index (χ0) is 13.8. The van der Waals surface area contributed by atoms with E-state index in [4.69, 9.17) is 5.73 Å². The molecule has 0 atom stereocenters. The number of rotatable bonds is 5. The molecule has 2 aromatic rings.